The van der Waals surface area contributed by atoms with E-state index in [2.05, 4.69) is 10.4 Å². The first kappa shape index (κ1) is 11.8. The molecule has 5 heteroatoms. The number of rotatable bonds is 3. The van der Waals surface area contributed by atoms with Crippen molar-refractivity contribution in [2.24, 2.45) is 10.4 Å². The van der Waals surface area contributed by atoms with Crippen molar-refractivity contribution in [1.82, 2.24) is 0 Å². The summed E-state index contributed by atoms with van der Waals surface area (Å²) in [7, 11) is 0. The third-order valence-corrected chi connectivity index (χ3v) is 2.48. The zero-order chi connectivity index (χ0) is 13.0. The van der Waals surface area contributed by atoms with Gasteiger partial charge in [0.15, 0.2) is 0 Å². The summed E-state index contributed by atoms with van der Waals surface area (Å²) in [6.07, 6.45) is 0. The number of benzene rings is 2. The number of aromatic carboxylic acids is 1. The number of nitrogens with zero attached hydrogens (tertiary/aromatic N) is 2. The Balaban J connectivity index is 2.58. The average molecular weight is 242 g/mol. The van der Waals surface area contributed by atoms with E-state index in [4.69, 9.17) is 5.21 Å². The first-order chi connectivity index (χ1) is 8.72. The molecular formula is C13H10N2O3. The maximum atomic E-state index is 11.2. The Hall–Kier alpha value is -2.69. The van der Waals surface area contributed by atoms with E-state index in [1.807, 2.05) is 30.3 Å². The maximum absolute atomic E-state index is 11.2. The van der Waals surface area contributed by atoms with E-state index in [1.165, 1.54) is 6.07 Å². The van der Waals surface area contributed by atoms with E-state index in [0.717, 1.165) is 5.56 Å². The molecule has 2 aromatic carbocycles. The van der Waals surface area contributed by atoms with E-state index < -0.39 is 5.97 Å². The molecule has 0 fully saturated rings. The molecule has 0 unspecified atom stereocenters. The second-order valence-corrected chi connectivity index (χ2v) is 3.59. The quantitative estimate of drug-likeness (QED) is 0.638. The van der Waals surface area contributed by atoms with Crippen LogP contribution < -0.4 is 0 Å². The van der Waals surface area contributed by atoms with Gasteiger partial charge >= 0.3 is 5.97 Å². The topological polar surface area (TPSA) is 82.2 Å². The molecule has 2 aromatic rings. The molecule has 0 aliphatic heterocycles. The minimum atomic E-state index is -1.05. The van der Waals surface area contributed by atoms with Gasteiger partial charge in [-0.25, -0.2) is 4.79 Å². The number of hydrogen-bond donors (Lipinski definition) is 2. The second-order valence-electron chi connectivity index (χ2n) is 3.59. The fourth-order valence-electron chi connectivity index (χ4n) is 1.69. The van der Waals surface area contributed by atoms with Crippen LogP contribution in [0.4, 0.5) is 5.69 Å². The lowest BCUT2D eigenvalue weighted by Gasteiger charge is -2.06. The minimum absolute atomic E-state index is 0.117. The summed E-state index contributed by atoms with van der Waals surface area (Å²) in [4.78, 5) is 11.2. The number of carbonyl (C=O) groups is 1. The van der Waals surface area contributed by atoms with Gasteiger partial charge in [-0.15, -0.1) is 5.11 Å². The number of carboxylic acids is 1. The van der Waals surface area contributed by atoms with Gasteiger partial charge in [-0.2, -0.15) is 0 Å². The highest BCUT2D eigenvalue weighted by molar-refractivity contribution is 5.97. The van der Waals surface area contributed by atoms with Crippen LogP contribution in [0.1, 0.15) is 10.4 Å². The molecule has 0 radical (unpaired) electrons. The van der Waals surface area contributed by atoms with Crippen LogP contribution in [0.15, 0.2) is 58.9 Å². The van der Waals surface area contributed by atoms with Crippen molar-refractivity contribution in [1.29, 1.82) is 0 Å². The molecule has 0 amide bonds. The van der Waals surface area contributed by atoms with Crippen molar-refractivity contribution in [2.45, 2.75) is 0 Å². The summed E-state index contributed by atoms with van der Waals surface area (Å²) in [5.41, 5.74) is 1.81. The van der Waals surface area contributed by atoms with Gasteiger partial charge in [0.05, 0.1) is 11.3 Å². The van der Waals surface area contributed by atoms with Gasteiger partial charge in [-0.05, 0) is 23.3 Å². The van der Waals surface area contributed by atoms with E-state index in [-0.39, 0.29) is 11.3 Å². The van der Waals surface area contributed by atoms with Crippen molar-refractivity contribution < 1.29 is 15.1 Å². The average Bonchev–Trinajstić information content (AvgIpc) is 2.40. The lowest BCUT2D eigenvalue weighted by molar-refractivity contribution is 0.0697. The largest absolute Gasteiger partial charge is 0.478 e. The molecule has 0 bridgehead atoms. The van der Waals surface area contributed by atoms with Crippen LogP contribution in [0.3, 0.4) is 0 Å². The Bertz CT molecular complexity index is 594. The van der Waals surface area contributed by atoms with E-state index >= 15 is 0 Å². The van der Waals surface area contributed by atoms with Crippen LogP contribution in [0.2, 0.25) is 0 Å². The number of carboxylic acid groups (broad SMARTS) is 1. The van der Waals surface area contributed by atoms with Crippen LogP contribution in [0, 0.1) is 0 Å². The summed E-state index contributed by atoms with van der Waals surface area (Å²) in [5, 5.41) is 23.6. The SMILES string of the molecule is O=C(O)c1cc(/N=N/O)ccc1-c1ccccc1. The Morgan fingerprint density at radius 2 is 1.78 bits per heavy atom. The van der Waals surface area contributed by atoms with Crippen molar-refractivity contribution >= 4 is 11.7 Å². The molecule has 0 aromatic heterocycles. The molecule has 5 nitrogen and oxygen atoms in total. The first-order valence-electron chi connectivity index (χ1n) is 5.20. The highest BCUT2D eigenvalue weighted by Crippen LogP contribution is 2.27. The molecule has 2 N–H and O–H groups in total. The predicted molar refractivity (Wildman–Crippen MR) is 65.1 cm³/mol. The zero-order valence-corrected chi connectivity index (χ0v) is 9.32. The van der Waals surface area contributed by atoms with Gasteiger partial charge in [0.25, 0.3) is 0 Å². The molecule has 0 saturated heterocycles. The second kappa shape index (κ2) is 5.09. The fraction of sp³-hybridized carbons (Fsp3) is 0. The zero-order valence-electron chi connectivity index (χ0n) is 9.32. The standard InChI is InChI=1S/C13H10N2O3/c16-13(17)12-8-10(14-15-18)6-7-11(12)9-4-2-1-3-5-9/h1-8H,(H,14,18)(H,16,17). The summed E-state index contributed by atoms with van der Waals surface area (Å²) < 4.78 is 0. The Morgan fingerprint density at radius 1 is 1.06 bits per heavy atom. The molecular weight excluding hydrogens is 232 g/mol. The van der Waals surface area contributed by atoms with E-state index in [0.29, 0.717) is 5.56 Å². The van der Waals surface area contributed by atoms with Gasteiger partial charge in [-0.3, -0.25) is 0 Å². The molecule has 0 aliphatic rings. The Kier molecular flexibility index (Phi) is 3.33. The van der Waals surface area contributed by atoms with Crippen LogP contribution in [0.25, 0.3) is 11.1 Å². The highest BCUT2D eigenvalue weighted by Gasteiger charge is 2.12. The molecule has 0 saturated carbocycles. The van der Waals surface area contributed by atoms with Gasteiger partial charge in [0, 0.05) is 5.28 Å². The lowest BCUT2D eigenvalue weighted by atomic mass is 9.99. The molecule has 0 spiro atoms. The third-order valence-electron chi connectivity index (χ3n) is 2.48. The third kappa shape index (κ3) is 2.35. The van der Waals surface area contributed by atoms with Gasteiger partial charge in [0.2, 0.25) is 0 Å². The first-order valence-corrected chi connectivity index (χ1v) is 5.20. The van der Waals surface area contributed by atoms with E-state index in [1.54, 1.807) is 12.1 Å². The summed E-state index contributed by atoms with van der Waals surface area (Å²) >= 11 is 0. The van der Waals surface area contributed by atoms with Gasteiger partial charge < -0.3 is 10.3 Å². The van der Waals surface area contributed by atoms with Crippen molar-refractivity contribution in [3.8, 4) is 11.1 Å². The van der Waals surface area contributed by atoms with Crippen LogP contribution in [-0.2, 0) is 0 Å². The van der Waals surface area contributed by atoms with Crippen LogP contribution in [0.5, 0.6) is 0 Å². The predicted octanol–water partition coefficient (Wildman–Crippen LogP) is 3.52. The van der Waals surface area contributed by atoms with Crippen molar-refractivity contribution in [3.63, 3.8) is 0 Å². The Labute approximate surface area is 103 Å². The summed E-state index contributed by atoms with van der Waals surface area (Å²) in [6, 6.07) is 13.8. The molecule has 2 rings (SSSR count). The van der Waals surface area contributed by atoms with Gasteiger partial charge in [0.1, 0.15) is 0 Å². The highest BCUT2D eigenvalue weighted by atomic mass is 16.5. The molecule has 18 heavy (non-hydrogen) atoms. The molecule has 0 heterocycles. The molecule has 0 aliphatic carbocycles. The Morgan fingerprint density at radius 3 is 2.39 bits per heavy atom. The van der Waals surface area contributed by atoms with Crippen molar-refractivity contribution in [3.05, 3.63) is 54.1 Å². The summed E-state index contributed by atoms with van der Waals surface area (Å²) in [5.74, 6) is -1.05. The fourth-order valence-corrected chi connectivity index (χ4v) is 1.69. The monoisotopic (exact) mass is 242 g/mol. The smallest absolute Gasteiger partial charge is 0.336 e. The van der Waals surface area contributed by atoms with Crippen molar-refractivity contribution in [2.75, 3.05) is 0 Å². The number of hydrogen-bond acceptors (Lipinski definition) is 3. The van der Waals surface area contributed by atoms with Crippen LogP contribution in [-0.4, -0.2) is 16.3 Å². The summed E-state index contributed by atoms with van der Waals surface area (Å²) in [6.45, 7) is 0. The minimum Gasteiger partial charge on any atom is -0.478 e. The lowest BCUT2D eigenvalue weighted by Crippen LogP contribution is -1.99. The van der Waals surface area contributed by atoms with E-state index in [9.17, 15) is 9.90 Å². The normalized spacial score (nSPS) is 10.7. The maximum Gasteiger partial charge on any atom is 0.336 e. The molecule has 90 valence electrons. The van der Waals surface area contributed by atoms with Crippen LogP contribution >= 0.6 is 0 Å². The molecule has 0 atom stereocenters. The van der Waals surface area contributed by atoms with Gasteiger partial charge in [-0.1, -0.05) is 36.4 Å².